The molecule has 0 saturated heterocycles. The van der Waals surface area contributed by atoms with Crippen molar-refractivity contribution in [2.45, 2.75) is 5.16 Å². The summed E-state index contributed by atoms with van der Waals surface area (Å²) < 4.78 is 13.6. The fourth-order valence-corrected chi connectivity index (χ4v) is 2.43. The summed E-state index contributed by atoms with van der Waals surface area (Å²) >= 11 is 0.976. The van der Waals surface area contributed by atoms with Crippen LogP contribution in [0.1, 0.15) is 10.4 Å². The van der Waals surface area contributed by atoms with Gasteiger partial charge in [-0.15, -0.1) is 0 Å². The Labute approximate surface area is 140 Å². The average Bonchev–Trinajstić information content (AvgIpc) is 2.56. The van der Waals surface area contributed by atoms with Gasteiger partial charge in [0.15, 0.2) is 11.0 Å². The van der Waals surface area contributed by atoms with Crippen LogP contribution in [0.4, 0.5) is 15.9 Å². The molecule has 0 aliphatic rings. The van der Waals surface area contributed by atoms with Gasteiger partial charge in [-0.2, -0.15) is 0 Å². The summed E-state index contributed by atoms with van der Waals surface area (Å²) in [6, 6.07) is 5.32. The minimum atomic E-state index is -0.821. The summed E-state index contributed by atoms with van der Waals surface area (Å²) in [5, 5.41) is 4.79. The SMILES string of the molecule is CNC(=O)CSc1nc(N)c(NC(=O)c2ccccc2F)c(=O)[nH]1. The molecule has 2 amide bonds. The highest BCUT2D eigenvalue weighted by atomic mass is 32.2. The third-order valence-corrected chi connectivity index (χ3v) is 3.77. The zero-order valence-corrected chi connectivity index (χ0v) is 13.4. The van der Waals surface area contributed by atoms with Crippen LogP contribution in [-0.4, -0.2) is 34.6 Å². The number of hydrogen-bond acceptors (Lipinski definition) is 6. The van der Waals surface area contributed by atoms with Crippen LogP contribution < -0.4 is 21.9 Å². The molecule has 5 N–H and O–H groups in total. The zero-order valence-electron chi connectivity index (χ0n) is 12.6. The lowest BCUT2D eigenvalue weighted by Gasteiger charge is -2.08. The quantitative estimate of drug-likeness (QED) is 0.460. The smallest absolute Gasteiger partial charge is 0.277 e. The van der Waals surface area contributed by atoms with Crippen molar-refractivity contribution in [3.63, 3.8) is 0 Å². The molecule has 1 heterocycles. The summed E-state index contributed by atoms with van der Waals surface area (Å²) in [4.78, 5) is 41.5. The summed E-state index contributed by atoms with van der Waals surface area (Å²) in [6.45, 7) is 0. The van der Waals surface area contributed by atoms with E-state index in [9.17, 15) is 18.8 Å². The highest BCUT2D eigenvalue weighted by molar-refractivity contribution is 7.99. The first-order chi connectivity index (χ1) is 11.4. The first-order valence-corrected chi connectivity index (χ1v) is 7.70. The van der Waals surface area contributed by atoms with Crippen molar-refractivity contribution in [3.8, 4) is 0 Å². The molecule has 1 aromatic heterocycles. The molecule has 126 valence electrons. The normalized spacial score (nSPS) is 10.2. The van der Waals surface area contributed by atoms with Gasteiger partial charge in [0.25, 0.3) is 11.5 Å². The van der Waals surface area contributed by atoms with E-state index in [-0.39, 0.29) is 33.9 Å². The number of aromatic amines is 1. The van der Waals surface area contributed by atoms with Crippen LogP contribution in [0.5, 0.6) is 0 Å². The molecule has 2 rings (SSSR count). The van der Waals surface area contributed by atoms with Crippen molar-refractivity contribution in [1.29, 1.82) is 0 Å². The summed E-state index contributed by atoms with van der Waals surface area (Å²) in [7, 11) is 1.48. The number of nitrogens with zero attached hydrogens (tertiary/aromatic N) is 1. The zero-order chi connectivity index (χ0) is 17.7. The number of H-pyrrole nitrogens is 1. The van der Waals surface area contributed by atoms with E-state index in [1.807, 2.05) is 0 Å². The number of halogens is 1. The van der Waals surface area contributed by atoms with Crippen LogP contribution in [0, 0.1) is 5.82 Å². The van der Waals surface area contributed by atoms with Crippen LogP contribution in [0.15, 0.2) is 34.2 Å². The van der Waals surface area contributed by atoms with Gasteiger partial charge >= 0.3 is 0 Å². The minimum absolute atomic E-state index is 0.0415. The van der Waals surface area contributed by atoms with Crippen molar-refractivity contribution < 1.29 is 14.0 Å². The van der Waals surface area contributed by atoms with E-state index in [4.69, 9.17) is 5.73 Å². The van der Waals surface area contributed by atoms with E-state index in [0.717, 1.165) is 17.8 Å². The van der Waals surface area contributed by atoms with E-state index in [1.54, 1.807) is 0 Å². The molecule has 0 aliphatic carbocycles. The molecule has 24 heavy (non-hydrogen) atoms. The highest BCUT2D eigenvalue weighted by Crippen LogP contribution is 2.17. The lowest BCUT2D eigenvalue weighted by molar-refractivity contribution is -0.118. The third-order valence-electron chi connectivity index (χ3n) is 2.90. The Balaban J connectivity index is 2.20. The van der Waals surface area contributed by atoms with E-state index in [1.165, 1.54) is 25.2 Å². The Bertz CT molecular complexity index is 839. The number of carbonyl (C=O) groups excluding carboxylic acids is 2. The molecule has 0 aliphatic heterocycles. The molecule has 0 atom stereocenters. The maximum Gasteiger partial charge on any atom is 0.277 e. The largest absolute Gasteiger partial charge is 0.382 e. The number of nitrogens with one attached hydrogen (secondary N) is 3. The number of hydrogen-bond donors (Lipinski definition) is 4. The van der Waals surface area contributed by atoms with Crippen molar-refractivity contribution in [2.75, 3.05) is 23.9 Å². The highest BCUT2D eigenvalue weighted by Gasteiger charge is 2.16. The summed E-state index contributed by atoms with van der Waals surface area (Å²) in [5.74, 6) is -1.99. The average molecular weight is 351 g/mol. The maximum absolute atomic E-state index is 13.6. The van der Waals surface area contributed by atoms with Gasteiger partial charge in [0.2, 0.25) is 5.91 Å². The molecule has 1 aromatic carbocycles. The molecule has 2 aromatic rings. The van der Waals surface area contributed by atoms with Gasteiger partial charge in [0.1, 0.15) is 11.5 Å². The number of carbonyl (C=O) groups is 2. The van der Waals surface area contributed by atoms with Crippen molar-refractivity contribution >= 4 is 35.1 Å². The van der Waals surface area contributed by atoms with Gasteiger partial charge in [0, 0.05) is 7.05 Å². The first-order valence-electron chi connectivity index (χ1n) is 6.71. The molecule has 0 spiro atoms. The molecular formula is C14H14FN5O3S. The molecule has 0 radical (unpaired) electrons. The van der Waals surface area contributed by atoms with Crippen molar-refractivity contribution in [3.05, 3.63) is 46.0 Å². The molecule has 10 heteroatoms. The summed E-state index contributed by atoms with van der Waals surface area (Å²) in [5.41, 5.74) is 4.46. The van der Waals surface area contributed by atoms with Crippen LogP contribution in [0.2, 0.25) is 0 Å². The van der Waals surface area contributed by atoms with Crippen molar-refractivity contribution in [2.24, 2.45) is 0 Å². The first kappa shape index (κ1) is 17.5. The Morgan fingerprint density at radius 3 is 2.71 bits per heavy atom. The number of nitrogen functional groups attached to an aromatic ring is 1. The van der Waals surface area contributed by atoms with Gasteiger partial charge < -0.3 is 16.4 Å². The Kier molecular flexibility index (Phi) is 5.53. The lowest BCUT2D eigenvalue weighted by atomic mass is 10.2. The number of rotatable bonds is 5. The number of thioether (sulfide) groups is 1. The number of benzene rings is 1. The Morgan fingerprint density at radius 1 is 1.38 bits per heavy atom. The predicted octanol–water partition coefficient (Wildman–Crippen LogP) is 0.582. The Morgan fingerprint density at radius 2 is 2.08 bits per heavy atom. The second-order valence-corrected chi connectivity index (χ2v) is 5.49. The Hall–Kier alpha value is -2.88. The fourth-order valence-electron chi connectivity index (χ4n) is 1.69. The molecule has 0 saturated carbocycles. The fraction of sp³-hybridized carbons (Fsp3) is 0.143. The molecular weight excluding hydrogens is 337 g/mol. The summed E-state index contributed by atoms with van der Waals surface area (Å²) in [6.07, 6.45) is 0. The van der Waals surface area contributed by atoms with Gasteiger partial charge in [-0.3, -0.25) is 19.4 Å². The monoisotopic (exact) mass is 351 g/mol. The van der Waals surface area contributed by atoms with E-state index >= 15 is 0 Å². The van der Waals surface area contributed by atoms with Crippen molar-refractivity contribution in [1.82, 2.24) is 15.3 Å². The topological polar surface area (TPSA) is 130 Å². The minimum Gasteiger partial charge on any atom is -0.382 e. The number of anilines is 2. The molecule has 0 bridgehead atoms. The maximum atomic E-state index is 13.6. The van der Waals surface area contributed by atoms with Crippen LogP contribution in [-0.2, 0) is 4.79 Å². The predicted molar refractivity (Wildman–Crippen MR) is 88.4 cm³/mol. The number of nitrogens with two attached hydrogens (primary N) is 1. The lowest BCUT2D eigenvalue weighted by Crippen LogP contribution is -2.24. The van der Waals surface area contributed by atoms with Gasteiger partial charge in [0.05, 0.1) is 11.3 Å². The van der Waals surface area contributed by atoms with Crippen LogP contribution >= 0.6 is 11.8 Å². The van der Waals surface area contributed by atoms with Crippen LogP contribution in [0.3, 0.4) is 0 Å². The van der Waals surface area contributed by atoms with E-state index < -0.39 is 17.3 Å². The molecule has 8 nitrogen and oxygen atoms in total. The number of amides is 2. The van der Waals surface area contributed by atoms with Gasteiger partial charge in [-0.25, -0.2) is 9.37 Å². The van der Waals surface area contributed by atoms with Crippen LogP contribution in [0.25, 0.3) is 0 Å². The second kappa shape index (κ2) is 7.59. The molecule has 0 fully saturated rings. The number of aromatic nitrogens is 2. The van der Waals surface area contributed by atoms with Gasteiger partial charge in [-0.05, 0) is 12.1 Å². The van der Waals surface area contributed by atoms with E-state index in [2.05, 4.69) is 20.6 Å². The second-order valence-electron chi connectivity index (χ2n) is 4.53. The molecule has 0 unspecified atom stereocenters. The van der Waals surface area contributed by atoms with Gasteiger partial charge in [-0.1, -0.05) is 23.9 Å². The van der Waals surface area contributed by atoms with E-state index in [0.29, 0.717) is 0 Å². The standard InChI is InChI=1S/C14H14FN5O3S/c1-17-9(21)6-24-14-19-11(16)10(13(23)20-14)18-12(22)7-4-2-3-5-8(7)15/h2-5H,6H2,1H3,(H,17,21)(H,18,22)(H3,16,19,20,23). The third kappa shape index (κ3) is 4.10.